The van der Waals surface area contributed by atoms with Crippen LogP contribution in [0.25, 0.3) is 11.1 Å². The van der Waals surface area contributed by atoms with Crippen molar-refractivity contribution in [3.8, 4) is 11.1 Å². The van der Waals surface area contributed by atoms with E-state index in [1.165, 1.54) is 24.1 Å². The van der Waals surface area contributed by atoms with Crippen LogP contribution in [0.1, 0.15) is 18.4 Å². The molecule has 1 atom stereocenters. The van der Waals surface area contributed by atoms with Gasteiger partial charge in [-0.3, -0.25) is 9.69 Å². The number of esters is 1. The van der Waals surface area contributed by atoms with Gasteiger partial charge in [-0.25, -0.2) is 13.6 Å². The predicted molar refractivity (Wildman–Crippen MR) is 115 cm³/mol. The van der Waals surface area contributed by atoms with Crippen molar-refractivity contribution in [3.05, 3.63) is 90.0 Å². The fraction of sp³-hybridized carbons (Fsp3) is 0.200. The summed E-state index contributed by atoms with van der Waals surface area (Å²) in [5, 5.41) is 0. The van der Waals surface area contributed by atoms with Crippen LogP contribution in [0.4, 0.5) is 19.3 Å². The Balaban J connectivity index is 1.63. The third-order valence-corrected chi connectivity index (χ3v) is 5.60. The molecule has 0 spiro atoms. The van der Waals surface area contributed by atoms with Crippen molar-refractivity contribution < 1.29 is 27.8 Å². The van der Waals surface area contributed by atoms with E-state index in [0.717, 1.165) is 6.07 Å². The molecule has 0 bridgehead atoms. The highest BCUT2D eigenvalue weighted by atomic mass is 19.1. The maximum Gasteiger partial charge on any atom is 0.415 e. The lowest BCUT2D eigenvalue weighted by Crippen LogP contribution is -2.49. The Bertz CT molecular complexity index is 1150. The molecule has 3 aromatic carbocycles. The minimum absolute atomic E-state index is 0.103. The molecule has 0 N–H and O–H groups in total. The van der Waals surface area contributed by atoms with E-state index in [2.05, 4.69) is 0 Å². The van der Waals surface area contributed by atoms with Crippen molar-refractivity contribution in [3.63, 3.8) is 0 Å². The monoisotopic (exact) mass is 437 g/mol. The summed E-state index contributed by atoms with van der Waals surface area (Å²) in [6.07, 6.45) is -0.373. The number of carbonyl (C=O) groups excluding carboxylic acids is 2. The van der Waals surface area contributed by atoms with Gasteiger partial charge in [-0.1, -0.05) is 42.5 Å². The largest absolute Gasteiger partial charge is 0.469 e. The summed E-state index contributed by atoms with van der Waals surface area (Å²) in [6.45, 7) is 0.278. The average molecular weight is 437 g/mol. The summed E-state index contributed by atoms with van der Waals surface area (Å²) in [6, 6.07) is 19.2. The van der Waals surface area contributed by atoms with Crippen LogP contribution in [0.2, 0.25) is 0 Å². The van der Waals surface area contributed by atoms with Crippen LogP contribution < -0.4 is 4.90 Å². The van der Waals surface area contributed by atoms with E-state index in [9.17, 15) is 18.4 Å². The normalized spacial score (nSPS) is 18.2. The lowest BCUT2D eigenvalue weighted by Gasteiger charge is -2.41. The van der Waals surface area contributed by atoms with Crippen LogP contribution in [0.3, 0.4) is 0 Å². The van der Waals surface area contributed by atoms with E-state index in [1.807, 2.05) is 30.3 Å². The van der Waals surface area contributed by atoms with Gasteiger partial charge in [-0.05, 0) is 35.4 Å². The Morgan fingerprint density at radius 2 is 1.84 bits per heavy atom. The SMILES string of the molecule is COC(=O)CC1(c2ccccc2)CCN(c2cccc(-c3ccc(F)cc3F)c2)C(=O)O1. The second-order valence-corrected chi connectivity index (χ2v) is 7.56. The van der Waals surface area contributed by atoms with E-state index < -0.39 is 29.3 Å². The molecule has 1 unspecified atom stereocenters. The molecule has 1 saturated heterocycles. The summed E-state index contributed by atoms with van der Waals surface area (Å²) < 4.78 is 38.2. The van der Waals surface area contributed by atoms with E-state index >= 15 is 0 Å². The van der Waals surface area contributed by atoms with Gasteiger partial charge < -0.3 is 9.47 Å². The van der Waals surface area contributed by atoms with Gasteiger partial charge in [0.2, 0.25) is 0 Å². The molecule has 4 rings (SSSR count). The quantitative estimate of drug-likeness (QED) is 0.499. The van der Waals surface area contributed by atoms with Gasteiger partial charge in [-0.15, -0.1) is 0 Å². The first-order chi connectivity index (χ1) is 15.4. The van der Waals surface area contributed by atoms with Gasteiger partial charge in [0.05, 0.1) is 13.5 Å². The third-order valence-electron chi connectivity index (χ3n) is 5.60. The zero-order valence-corrected chi connectivity index (χ0v) is 17.4. The summed E-state index contributed by atoms with van der Waals surface area (Å²) in [5.41, 5.74) is 0.810. The fourth-order valence-corrected chi connectivity index (χ4v) is 3.93. The van der Waals surface area contributed by atoms with Crippen LogP contribution in [-0.2, 0) is 19.9 Å². The van der Waals surface area contributed by atoms with E-state index in [0.29, 0.717) is 23.2 Å². The zero-order chi connectivity index (χ0) is 22.7. The minimum Gasteiger partial charge on any atom is -0.469 e. The lowest BCUT2D eigenvalue weighted by atomic mass is 9.85. The lowest BCUT2D eigenvalue weighted by molar-refractivity contribution is -0.147. The van der Waals surface area contributed by atoms with Crippen LogP contribution in [0.15, 0.2) is 72.8 Å². The summed E-state index contributed by atoms with van der Waals surface area (Å²) in [5.74, 6) is -1.83. The second kappa shape index (κ2) is 8.78. The number of hydrogen-bond acceptors (Lipinski definition) is 4. The maximum absolute atomic E-state index is 14.2. The highest BCUT2D eigenvalue weighted by Crippen LogP contribution is 2.39. The first-order valence-electron chi connectivity index (χ1n) is 10.1. The molecule has 1 aliphatic rings. The van der Waals surface area contributed by atoms with Crippen LogP contribution in [0.5, 0.6) is 0 Å². The number of benzene rings is 3. The molecule has 1 aliphatic heterocycles. The van der Waals surface area contributed by atoms with Gasteiger partial charge in [0.1, 0.15) is 11.6 Å². The maximum atomic E-state index is 14.2. The number of ether oxygens (including phenoxy) is 2. The molecule has 5 nitrogen and oxygen atoms in total. The molecule has 7 heteroatoms. The molecule has 164 valence electrons. The zero-order valence-electron chi connectivity index (χ0n) is 17.4. The number of amides is 1. The molecule has 0 radical (unpaired) electrons. The molecule has 1 fully saturated rings. The predicted octanol–water partition coefficient (Wildman–Crippen LogP) is 5.44. The van der Waals surface area contributed by atoms with Crippen LogP contribution >= 0.6 is 0 Å². The number of rotatable bonds is 5. The Kier molecular flexibility index (Phi) is 5.90. The van der Waals surface area contributed by atoms with Gasteiger partial charge in [0.25, 0.3) is 0 Å². The van der Waals surface area contributed by atoms with E-state index in [1.54, 1.807) is 24.3 Å². The number of cyclic esters (lactones) is 1. The fourth-order valence-electron chi connectivity index (χ4n) is 3.93. The Morgan fingerprint density at radius 1 is 1.06 bits per heavy atom. The number of hydrogen-bond donors (Lipinski definition) is 0. The smallest absolute Gasteiger partial charge is 0.415 e. The molecule has 0 saturated carbocycles. The average Bonchev–Trinajstić information content (AvgIpc) is 2.80. The number of methoxy groups -OCH3 is 1. The van der Waals surface area contributed by atoms with Gasteiger partial charge in [0.15, 0.2) is 5.60 Å². The second-order valence-electron chi connectivity index (χ2n) is 7.56. The van der Waals surface area contributed by atoms with Crippen LogP contribution in [0, 0.1) is 11.6 Å². The molecular weight excluding hydrogens is 416 g/mol. The third kappa shape index (κ3) is 4.19. The van der Waals surface area contributed by atoms with Crippen molar-refractivity contribution in [2.75, 3.05) is 18.6 Å². The van der Waals surface area contributed by atoms with Gasteiger partial charge in [-0.2, -0.15) is 0 Å². The molecule has 3 aromatic rings. The first kappa shape index (κ1) is 21.5. The van der Waals surface area contributed by atoms with Crippen molar-refractivity contribution in [1.29, 1.82) is 0 Å². The Morgan fingerprint density at radius 3 is 2.53 bits per heavy atom. The topological polar surface area (TPSA) is 55.8 Å². The molecule has 1 amide bonds. The number of halogens is 2. The van der Waals surface area contributed by atoms with Crippen molar-refractivity contribution in [2.24, 2.45) is 0 Å². The summed E-state index contributed by atoms with van der Waals surface area (Å²) >= 11 is 0. The number of carbonyl (C=O) groups is 2. The van der Waals surface area contributed by atoms with Crippen LogP contribution in [-0.4, -0.2) is 25.7 Å². The van der Waals surface area contributed by atoms with Crippen molar-refractivity contribution in [1.82, 2.24) is 0 Å². The summed E-state index contributed by atoms with van der Waals surface area (Å²) in [7, 11) is 1.29. The molecule has 32 heavy (non-hydrogen) atoms. The number of nitrogens with zero attached hydrogens (tertiary/aromatic N) is 1. The minimum atomic E-state index is -1.14. The summed E-state index contributed by atoms with van der Waals surface area (Å²) in [4.78, 5) is 26.6. The van der Waals surface area contributed by atoms with Crippen molar-refractivity contribution >= 4 is 17.7 Å². The number of anilines is 1. The first-order valence-corrected chi connectivity index (χ1v) is 10.1. The van der Waals surface area contributed by atoms with Crippen molar-refractivity contribution in [2.45, 2.75) is 18.4 Å². The van der Waals surface area contributed by atoms with E-state index in [4.69, 9.17) is 9.47 Å². The molecule has 1 heterocycles. The Labute approximate surface area is 184 Å². The molecule has 0 aromatic heterocycles. The van der Waals surface area contributed by atoms with Gasteiger partial charge in [0, 0.05) is 30.3 Å². The molecule has 0 aliphatic carbocycles. The van der Waals surface area contributed by atoms with Gasteiger partial charge >= 0.3 is 12.1 Å². The van der Waals surface area contributed by atoms with E-state index in [-0.39, 0.29) is 18.5 Å². The standard InChI is InChI=1S/C25H21F2NO4/c1-31-23(29)16-25(18-7-3-2-4-8-18)12-13-28(24(30)32-25)20-9-5-6-17(14-20)21-11-10-19(26)15-22(21)27/h2-11,14-15H,12-13,16H2,1H3. The Hall–Kier alpha value is -3.74. The highest BCUT2D eigenvalue weighted by molar-refractivity contribution is 5.90. The highest BCUT2D eigenvalue weighted by Gasteiger charge is 2.44. The molecular formula is C25H21F2NO4.